The minimum atomic E-state index is -0.103. The first kappa shape index (κ1) is 7.55. The maximum Gasteiger partial charge on any atom is 0.239 e. The van der Waals surface area contributed by atoms with Gasteiger partial charge < -0.3 is 5.11 Å². The van der Waals surface area contributed by atoms with Crippen molar-refractivity contribution in [2.75, 3.05) is 0 Å². The molecule has 0 saturated carbocycles. The summed E-state index contributed by atoms with van der Waals surface area (Å²) >= 11 is 0. The van der Waals surface area contributed by atoms with Gasteiger partial charge in [0.05, 0.1) is 0 Å². The van der Waals surface area contributed by atoms with Crippen molar-refractivity contribution in [3.05, 3.63) is 23.7 Å². The van der Waals surface area contributed by atoms with E-state index in [4.69, 9.17) is 5.26 Å². The van der Waals surface area contributed by atoms with Gasteiger partial charge in [0.25, 0.3) is 0 Å². The second-order valence-electron chi connectivity index (χ2n) is 2.67. The third kappa shape index (κ3) is 0.924. The Balaban J connectivity index is 2.98. The summed E-state index contributed by atoms with van der Waals surface area (Å²) in [4.78, 5) is 3.63. The highest BCUT2D eigenvalue weighted by Crippen LogP contribution is 2.20. The molecule has 0 fully saturated rings. The molecule has 0 spiro atoms. The molecule has 0 unspecified atom stereocenters. The van der Waals surface area contributed by atoms with Crippen LogP contribution in [0.4, 0.5) is 0 Å². The smallest absolute Gasteiger partial charge is 0.239 e. The van der Waals surface area contributed by atoms with Crippen LogP contribution in [0.15, 0.2) is 12.4 Å². The molecule has 0 aliphatic heterocycles. The molecule has 2 aromatic rings. The molecule has 0 atom stereocenters. The van der Waals surface area contributed by atoms with E-state index in [0.717, 1.165) is 5.56 Å². The van der Waals surface area contributed by atoms with Crippen molar-refractivity contribution in [2.24, 2.45) is 0 Å². The number of fused-ring (bicyclic) bond motifs is 1. The van der Waals surface area contributed by atoms with E-state index in [2.05, 4.69) is 10.1 Å². The van der Waals surface area contributed by atoms with Gasteiger partial charge in [-0.2, -0.15) is 15.3 Å². The highest BCUT2D eigenvalue weighted by molar-refractivity contribution is 5.64. The molecule has 0 saturated heterocycles. The van der Waals surface area contributed by atoms with Gasteiger partial charge in [-0.3, -0.25) is 0 Å². The second-order valence-corrected chi connectivity index (χ2v) is 2.67. The van der Waals surface area contributed by atoms with Crippen LogP contribution in [0.2, 0.25) is 0 Å². The molecule has 2 aromatic heterocycles. The topological polar surface area (TPSA) is 74.2 Å². The van der Waals surface area contributed by atoms with Crippen LogP contribution < -0.4 is 0 Å². The fourth-order valence-corrected chi connectivity index (χ4v) is 1.29. The number of hydrogen-bond donors (Lipinski definition) is 1. The maximum atomic E-state index is 9.38. The summed E-state index contributed by atoms with van der Waals surface area (Å²) in [5.41, 5.74) is 1.67. The summed E-state index contributed by atoms with van der Waals surface area (Å²) in [6.45, 7) is 1.79. The van der Waals surface area contributed by atoms with E-state index >= 15 is 0 Å². The lowest BCUT2D eigenvalue weighted by molar-refractivity contribution is 0.453. The van der Waals surface area contributed by atoms with Crippen molar-refractivity contribution in [1.29, 1.82) is 5.26 Å². The van der Waals surface area contributed by atoms with Gasteiger partial charge in [0.15, 0.2) is 0 Å². The van der Waals surface area contributed by atoms with Gasteiger partial charge in [-0.1, -0.05) is 0 Å². The Morgan fingerprint density at radius 2 is 2.38 bits per heavy atom. The average Bonchev–Trinajstić information content (AvgIpc) is 2.44. The lowest BCUT2D eigenvalue weighted by atomic mass is 10.3. The summed E-state index contributed by atoms with van der Waals surface area (Å²) in [5, 5.41) is 22.0. The van der Waals surface area contributed by atoms with Gasteiger partial charge in [-0.15, -0.1) is 0 Å². The SMILES string of the molecule is Cc1cc(C#N)n2ncnc(O)c12. The van der Waals surface area contributed by atoms with Gasteiger partial charge in [-0.05, 0) is 18.6 Å². The fourth-order valence-electron chi connectivity index (χ4n) is 1.29. The van der Waals surface area contributed by atoms with E-state index in [9.17, 15) is 5.11 Å². The number of hydrogen-bond acceptors (Lipinski definition) is 4. The van der Waals surface area contributed by atoms with Gasteiger partial charge in [0.2, 0.25) is 5.88 Å². The molecule has 0 aliphatic carbocycles. The monoisotopic (exact) mass is 174 g/mol. The molecule has 2 heterocycles. The molecular formula is C8H6N4O. The van der Waals surface area contributed by atoms with Crippen LogP contribution in [0.5, 0.6) is 5.88 Å². The van der Waals surface area contributed by atoms with E-state index in [0.29, 0.717) is 11.2 Å². The van der Waals surface area contributed by atoms with Gasteiger partial charge >= 0.3 is 0 Å². The third-order valence-corrected chi connectivity index (χ3v) is 1.84. The first-order valence-corrected chi connectivity index (χ1v) is 3.66. The zero-order chi connectivity index (χ0) is 9.42. The molecule has 64 valence electrons. The van der Waals surface area contributed by atoms with Crippen LogP contribution in [0.25, 0.3) is 5.52 Å². The zero-order valence-electron chi connectivity index (χ0n) is 6.89. The number of aromatic nitrogens is 3. The summed E-state index contributed by atoms with van der Waals surface area (Å²) < 4.78 is 1.37. The minimum absolute atomic E-state index is 0.103. The summed E-state index contributed by atoms with van der Waals surface area (Å²) in [5.74, 6) is -0.103. The Bertz CT molecular complexity index is 509. The predicted molar refractivity (Wildman–Crippen MR) is 44.1 cm³/mol. The van der Waals surface area contributed by atoms with Crippen molar-refractivity contribution in [3.63, 3.8) is 0 Å². The Morgan fingerprint density at radius 3 is 3.08 bits per heavy atom. The Kier molecular flexibility index (Phi) is 1.43. The second kappa shape index (κ2) is 2.45. The molecule has 0 aliphatic rings. The molecule has 0 amide bonds. The molecule has 2 rings (SSSR count). The van der Waals surface area contributed by atoms with Crippen molar-refractivity contribution in [2.45, 2.75) is 6.92 Å². The van der Waals surface area contributed by atoms with Crippen molar-refractivity contribution < 1.29 is 5.11 Å². The number of aryl methyl sites for hydroxylation is 1. The van der Waals surface area contributed by atoms with Crippen molar-refractivity contribution >= 4 is 5.52 Å². The number of rotatable bonds is 0. The minimum Gasteiger partial charge on any atom is -0.492 e. The van der Waals surface area contributed by atoms with E-state index < -0.39 is 0 Å². The molecule has 5 nitrogen and oxygen atoms in total. The molecule has 1 N–H and O–H groups in total. The highest BCUT2D eigenvalue weighted by Gasteiger charge is 2.10. The molecular weight excluding hydrogens is 168 g/mol. The zero-order valence-corrected chi connectivity index (χ0v) is 6.89. The average molecular weight is 174 g/mol. The maximum absolute atomic E-state index is 9.38. The van der Waals surface area contributed by atoms with Crippen LogP contribution in [0, 0.1) is 18.3 Å². The van der Waals surface area contributed by atoms with Gasteiger partial charge in [0, 0.05) is 0 Å². The van der Waals surface area contributed by atoms with Crippen LogP contribution in [0.3, 0.4) is 0 Å². The highest BCUT2D eigenvalue weighted by atomic mass is 16.3. The third-order valence-electron chi connectivity index (χ3n) is 1.84. The summed E-state index contributed by atoms with van der Waals surface area (Å²) in [6.07, 6.45) is 1.21. The van der Waals surface area contributed by atoms with Crippen molar-refractivity contribution in [1.82, 2.24) is 14.6 Å². The number of aromatic hydroxyl groups is 1. The molecule has 13 heavy (non-hydrogen) atoms. The number of nitrogens with zero attached hydrogens (tertiary/aromatic N) is 4. The Labute approximate surface area is 73.9 Å². The first-order chi connectivity index (χ1) is 6.24. The fraction of sp³-hybridized carbons (Fsp3) is 0.125. The van der Waals surface area contributed by atoms with E-state index in [1.807, 2.05) is 6.07 Å². The van der Waals surface area contributed by atoms with Crippen LogP contribution >= 0.6 is 0 Å². The quantitative estimate of drug-likeness (QED) is 0.635. The molecule has 0 radical (unpaired) electrons. The first-order valence-electron chi connectivity index (χ1n) is 3.66. The van der Waals surface area contributed by atoms with E-state index in [1.54, 1.807) is 13.0 Å². The largest absolute Gasteiger partial charge is 0.492 e. The Morgan fingerprint density at radius 1 is 1.62 bits per heavy atom. The Hall–Kier alpha value is -2.09. The molecule has 0 bridgehead atoms. The summed E-state index contributed by atoms with van der Waals surface area (Å²) in [6, 6.07) is 3.64. The van der Waals surface area contributed by atoms with E-state index in [1.165, 1.54) is 10.8 Å². The van der Waals surface area contributed by atoms with Gasteiger partial charge in [0.1, 0.15) is 23.6 Å². The lowest BCUT2D eigenvalue weighted by Gasteiger charge is -1.96. The lowest BCUT2D eigenvalue weighted by Crippen LogP contribution is -1.94. The normalized spacial score (nSPS) is 10.2. The predicted octanol–water partition coefficient (Wildman–Crippen LogP) is 0.615. The van der Waals surface area contributed by atoms with Crippen LogP contribution in [-0.4, -0.2) is 19.7 Å². The van der Waals surface area contributed by atoms with Crippen LogP contribution in [0.1, 0.15) is 11.3 Å². The number of nitriles is 1. The van der Waals surface area contributed by atoms with Gasteiger partial charge in [-0.25, -0.2) is 4.52 Å². The standard InChI is InChI=1S/C8H6N4O/c1-5-2-6(3-9)12-7(5)8(13)10-4-11-12/h2,4H,1H3,(H,10,11,13). The molecule has 0 aromatic carbocycles. The molecule has 5 heteroatoms. The van der Waals surface area contributed by atoms with Crippen molar-refractivity contribution in [3.8, 4) is 11.9 Å². The van der Waals surface area contributed by atoms with E-state index in [-0.39, 0.29) is 5.88 Å². The summed E-state index contributed by atoms with van der Waals surface area (Å²) in [7, 11) is 0. The van der Waals surface area contributed by atoms with Crippen LogP contribution in [-0.2, 0) is 0 Å².